The third-order valence-corrected chi connectivity index (χ3v) is 4.06. The Labute approximate surface area is 169 Å². The molecule has 0 saturated carbocycles. The molecule has 0 bridgehead atoms. The molecule has 3 rings (SSSR count). The fraction of sp³-hybridized carbons (Fsp3) is 0.130. The van der Waals surface area contributed by atoms with E-state index in [4.69, 9.17) is 14.2 Å². The van der Waals surface area contributed by atoms with E-state index in [0.717, 1.165) is 11.1 Å². The average Bonchev–Trinajstić information content (AvgIpc) is 2.77. The zero-order valence-corrected chi connectivity index (χ0v) is 16.0. The predicted molar refractivity (Wildman–Crippen MR) is 110 cm³/mol. The summed E-state index contributed by atoms with van der Waals surface area (Å²) in [6.07, 6.45) is 0. The van der Waals surface area contributed by atoms with Crippen LogP contribution < -0.4 is 14.8 Å². The lowest BCUT2D eigenvalue weighted by Gasteiger charge is -2.11. The maximum atomic E-state index is 12.0. The van der Waals surface area contributed by atoms with Crippen LogP contribution in [0.1, 0.15) is 0 Å². The fourth-order valence-electron chi connectivity index (χ4n) is 2.64. The van der Waals surface area contributed by atoms with Gasteiger partial charge in [-0.25, -0.2) is 4.79 Å². The number of para-hydroxylation sites is 1. The molecular weight excluding hydrogens is 370 g/mol. The van der Waals surface area contributed by atoms with Crippen molar-refractivity contribution in [3.63, 3.8) is 0 Å². The minimum atomic E-state index is -0.627. The van der Waals surface area contributed by atoms with Crippen LogP contribution >= 0.6 is 0 Å². The minimum Gasteiger partial charge on any atom is -0.497 e. The Morgan fingerprint density at radius 1 is 0.828 bits per heavy atom. The summed E-state index contributed by atoms with van der Waals surface area (Å²) in [5.41, 5.74) is 2.44. The van der Waals surface area contributed by atoms with Gasteiger partial charge in [0.15, 0.2) is 13.2 Å². The van der Waals surface area contributed by atoms with E-state index in [0.29, 0.717) is 17.2 Å². The van der Waals surface area contributed by atoms with Crippen molar-refractivity contribution < 1.29 is 23.8 Å². The summed E-state index contributed by atoms with van der Waals surface area (Å²) < 4.78 is 15.7. The predicted octanol–water partition coefficient (Wildman–Crippen LogP) is 3.92. The number of nitrogens with one attached hydrogen (secondary N) is 1. The van der Waals surface area contributed by atoms with Crippen molar-refractivity contribution >= 4 is 17.6 Å². The molecule has 6 heteroatoms. The number of anilines is 1. The van der Waals surface area contributed by atoms with Gasteiger partial charge in [0.1, 0.15) is 11.5 Å². The normalized spacial score (nSPS) is 10.1. The Morgan fingerprint density at radius 3 is 2.24 bits per heavy atom. The molecule has 0 fully saturated rings. The Kier molecular flexibility index (Phi) is 6.84. The lowest BCUT2D eigenvalue weighted by molar-refractivity contribution is -0.149. The smallest absolute Gasteiger partial charge is 0.344 e. The molecule has 3 aromatic rings. The second-order valence-electron chi connectivity index (χ2n) is 6.09. The highest BCUT2D eigenvalue weighted by atomic mass is 16.6. The molecule has 0 spiro atoms. The van der Waals surface area contributed by atoms with Crippen LogP contribution in [0, 0.1) is 0 Å². The quantitative estimate of drug-likeness (QED) is 0.589. The molecule has 6 nitrogen and oxygen atoms in total. The largest absolute Gasteiger partial charge is 0.497 e. The number of rotatable bonds is 8. The summed E-state index contributed by atoms with van der Waals surface area (Å²) in [6, 6.07) is 24.0. The van der Waals surface area contributed by atoms with Gasteiger partial charge < -0.3 is 19.5 Å². The monoisotopic (exact) mass is 391 g/mol. The molecule has 0 aliphatic heterocycles. The Bertz CT molecular complexity index is 955. The standard InChI is InChI=1S/C23H21NO5/c1-27-19-13-11-18(12-14-19)24-22(25)15-29-23(26)16-28-21-10-6-5-9-20(21)17-7-3-2-4-8-17/h2-14H,15-16H2,1H3,(H,24,25). The molecule has 0 unspecified atom stereocenters. The van der Waals surface area contributed by atoms with Gasteiger partial charge >= 0.3 is 5.97 Å². The van der Waals surface area contributed by atoms with Crippen LogP contribution in [-0.2, 0) is 14.3 Å². The summed E-state index contributed by atoms with van der Waals surface area (Å²) in [7, 11) is 1.56. The van der Waals surface area contributed by atoms with Crippen LogP contribution in [0.3, 0.4) is 0 Å². The SMILES string of the molecule is COc1ccc(NC(=O)COC(=O)COc2ccccc2-c2ccccc2)cc1. The first-order chi connectivity index (χ1) is 14.2. The molecule has 0 aliphatic carbocycles. The minimum absolute atomic E-state index is 0.292. The first-order valence-corrected chi connectivity index (χ1v) is 9.02. The third kappa shape index (κ3) is 5.84. The first kappa shape index (κ1) is 19.9. The second kappa shape index (κ2) is 9.94. The van der Waals surface area contributed by atoms with Gasteiger partial charge in [0.2, 0.25) is 0 Å². The van der Waals surface area contributed by atoms with Crippen LogP contribution in [0.4, 0.5) is 5.69 Å². The fourth-order valence-corrected chi connectivity index (χ4v) is 2.64. The van der Waals surface area contributed by atoms with Gasteiger partial charge in [-0.15, -0.1) is 0 Å². The van der Waals surface area contributed by atoms with Crippen LogP contribution in [0.2, 0.25) is 0 Å². The highest BCUT2D eigenvalue weighted by Crippen LogP contribution is 2.29. The molecule has 0 atom stereocenters. The number of esters is 1. The van der Waals surface area contributed by atoms with Gasteiger partial charge in [-0.3, -0.25) is 4.79 Å². The highest BCUT2D eigenvalue weighted by Gasteiger charge is 2.11. The van der Waals surface area contributed by atoms with Gasteiger partial charge in [-0.05, 0) is 35.9 Å². The molecule has 0 saturated heterocycles. The summed E-state index contributed by atoms with van der Waals surface area (Å²) in [4.78, 5) is 23.9. The molecule has 1 amide bonds. The zero-order valence-electron chi connectivity index (χ0n) is 16.0. The highest BCUT2D eigenvalue weighted by molar-refractivity contribution is 5.92. The van der Waals surface area contributed by atoms with Crippen molar-refractivity contribution in [3.05, 3.63) is 78.9 Å². The van der Waals surface area contributed by atoms with Crippen LogP contribution in [0.5, 0.6) is 11.5 Å². The van der Waals surface area contributed by atoms with Crippen LogP contribution in [-0.4, -0.2) is 32.2 Å². The van der Waals surface area contributed by atoms with E-state index in [1.54, 1.807) is 37.4 Å². The number of benzene rings is 3. The molecule has 148 valence electrons. The topological polar surface area (TPSA) is 73.9 Å². The summed E-state index contributed by atoms with van der Waals surface area (Å²) in [6.45, 7) is -0.686. The number of amides is 1. The van der Waals surface area contributed by atoms with E-state index < -0.39 is 18.5 Å². The number of hydrogen-bond donors (Lipinski definition) is 1. The van der Waals surface area contributed by atoms with Crippen molar-refractivity contribution in [2.75, 3.05) is 25.6 Å². The van der Waals surface area contributed by atoms with E-state index in [-0.39, 0.29) is 6.61 Å². The third-order valence-electron chi connectivity index (χ3n) is 4.06. The number of hydrogen-bond acceptors (Lipinski definition) is 5. The Balaban J connectivity index is 1.48. The maximum absolute atomic E-state index is 12.0. The molecule has 0 heterocycles. The first-order valence-electron chi connectivity index (χ1n) is 9.02. The summed E-state index contributed by atoms with van der Waals surface area (Å²) >= 11 is 0. The van der Waals surface area contributed by atoms with Gasteiger partial charge in [0.05, 0.1) is 7.11 Å². The number of methoxy groups -OCH3 is 1. The molecule has 0 radical (unpaired) electrons. The van der Waals surface area contributed by atoms with Crippen LogP contribution in [0.15, 0.2) is 78.9 Å². The summed E-state index contributed by atoms with van der Waals surface area (Å²) in [5.74, 6) is 0.187. The average molecular weight is 391 g/mol. The Morgan fingerprint density at radius 2 is 1.52 bits per heavy atom. The van der Waals surface area contributed by atoms with Gasteiger partial charge in [0.25, 0.3) is 5.91 Å². The van der Waals surface area contributed by atoms with Crippen LogP contribution in [0.25, 0.3) is 11.1 Å². The maximum Gasteiger partial charge on any atom is 0.344 e. The Hall–Kier alpha value is -3.80. The van der Waals surface area contributed by atoms with Crippen molar-refractivity contribution in [2.24, 2.45) is 0 Å². The van der Waals surface area contributed by atoms with Crippen molar-refractivity contribution in [2.45, 2.75) is 0 Å². The molecule has 0 aromatic heterocycles. The lowest BCUT2D eigenvalue weighted by Crippen LogP contribution is -2.23. The molecule has 0 aliphatic rings. The second-order valence-corrected chi connectivity index (χ2v) is 6.09. The van der Waals surface area contributed by atoms with Crippen molar-refractivity contribution in [1.82, 2.24) is 0 Å². The zero-order chi connectivity index (χ0) is 20.5. The lowest BCUT2D eigenvalue weighted by atomic mass is 10.1. The van der Waals surface area contributed by atoms with E-state index in [1.807, 2.05) is 48.5 Å². The van der Waals surface area contributed by atoms with Gasteiger partial charge in [-0.1, -0.05) is 48.5 Å². The molecule has 29 heavy (non-hydrogen) atoms. The van der Waals surface area contributed by atoms with E-state index in [2.05, 4.69) is 5.32 Å². The number of carbonyl (C=O) groups is 2. The van der Waals surface area contributed by atoms with Gasteiger partial charge in [-0.2, -0.15) is 0 Å². The van der Waals surface area contributed by atoms with E-state index in [1.165, 1.54) is 0 Å². The van der Waals surface area contributed by atoms with Gasteiger partial charge in [0, 0.05) is 11.3 Å². The number of ether oxygens (including phenoxy) is 3. The van der Waals surface area contributed by atoms with E-state index in [9.17, 15) is 9.59 Å². The molecular formula is C23H21NO5. The molecule has 1 N–H and O–H groups in total. The number of carbonyl (C=O) groups excluding carboxylic acids is 2. The summed E-state index contributed by atoms with van der Waals surface area (Å²) in [5, 5.41) is 2.64. The van der Waals surface area contributed by atoms with Crippen molar-refractivity contribution in [3.8, 4) is 22.6 Å². The molecule has 3 aromatic carbocycles. The van der Waals surface area contributed by atoms with E-state index >= 15 is 0 Å². The van der Waals surface area contributed by atoms with Crippen molar-refractivity contribution in [1.29, 1.82) is 0 Å².